The summed E-state index contributed by atoms with van der Waals surface area (Å²) in [6.07, 6.45) is 10.9. The Bertz CT molecular complexity index is 904. The summed E-state index contributed by atoms with van der Waals surface area (Å²) < 4.78 is 6.43. The van der Waals surface area contributed by atoms with Gasteiger partial charge in [0.2, 0.25) is 0 Å². The average molecular weight is 458 g/mol. The van der Waals surface area contributed by atoms with Crippen LogP contribution in [0.1, 0.15) is 96.1 Å². The molecule has 1 heterocycles. The lowest BCUT2D eigenvalue weighted by Crippen LogP contribution is -2.51. The molecular formula is C27H39NO3S. The molecule has 1 atom stereocenters. The summed E-state index contributed by atoms with van der Waals surface area (Å²) in [4.78, 5) is 14.8. The summed E-state index contributed by atoms with van der Waals surface area (Å²) >= 11 is 1.35. The number of rotatable bonds is 4. The van der Waals surface area contributed by atoms with Gasteiger partial charge in [-0.25, -0.2) is 4.79 Å². The first-order valence-corrected chi connectivity index (χ1v) is 13.2. The highest BCUT2D eigenvalue weighted by Gasteiger charge is 2.53. The van der Waals surface area contributed by atoms with Crippen LogP contribution in [0, 0.1) is 18.8 Å². The molecule has 3 aliphatic rings. The number of carbonyl (C=O) groups excluding carboxylic acids is 1. The normalized spacial score (nSPS) is 25.9. The molecule has 5 heteroatoms. The number of aliphatic hydroxyl groups is 1. The molecule has 1 aromatic rings. The van der Waals surface area contributed by atoms with Gasteiger partial charge in [0, 0.05) is 17.0 Å². The van der Waals surface area contributed by atoms with E-state index in [1.165, 1.54) is 43.9 Å². The van der Waals surface area contributed by atoms with Gasteiger partial charge in [0.1, 0.15) is 16.3 Å². The highest BCUT2D eigenvalue weighted by atomic mass is 32.2. The number of hydrogen-bond acceptors (Lipinski definition) is 5. The molecule has 4 rings (SSSR count). The Kier molecular flexibility index (Phi) is 6.59. The van der Waals surface area contributed by atoms with Crippen molar-refractivity contribution in [2.24, 2.45) is 11.8 Å². The number of anilines is 1. The molecular weight excluding hydrogens is 418 g/mol. The third-order valence-corrected chi connectivity index (χ3v) is 9.07. The van der Waals surface area contributed by atoms with Crippen molar-refractivity contribution in [3.8, 4) is 0 Å². The quantitative estimate of drug-likeness (QED) is 0.370. The molecule has 2 fully saturated rings. The molecule has 0 radical (unpaired) electrons. The van der Waals surface area contributed by atoms with Crippen LogP contribution < -0.4 is 5.73 Å². The number of benzene rings is 1. The first-order valence-electron chi connectivity index (χ1n) is 12.4. The molecule has 2 aliphatic carbocycles. The van der Waals surface area contributed by atoms with Gasteiger partial charge < -0.3 is 15.6 Å². The van der Waals surface area contributed by atoms with Gasteiger partial charge in [0.25, 0.3) is 0 Å². The second-order valence-corrected chi connectivity index (χ2v) is 12.2. The number of nitrogen functional groups attached to an aromatic ring is 1. The third kappa shape index (κ3) is 4.42. The number of aliphatic hydroxyl groups excluding tert-OH is 1. The summed E-state index contributed by atoms with van der Waals surface area (Å²) in [5.41, 5.74) is 8.36. The first kappa shape index (κ1) is 23.5. The fourth-order valence-corrected chi connectivity index (χ4v) is 7.33. The zero-order valence-corrected chi connectivity index (χ0v) is 20.9. The van der Waals surface area contributed by atoms with Crippen LogP contribution in [-0.4, -0.2) is 16.7 Å². The number of aryl methyl sites for hydroxylation is 1. The average Bonchev–Trinajstić information content (AvgIpc) is 3.28. The number of carbonyl (C=O) groups is 1. The number of cyclic esters (lactones) is 1. The zero-order chi connectivity index (χ0) is 23.1. The van der Waals surface area contributed by atoms with E-state index in [1.807, 2.05) is 19.1 Å². The van der Waals surface area contributed by atoms with E-state index in [0.717, 1.165) is 47.4 Å². The lowest BCUT2D eigenvalue weighted by molar-refractivity contribution is -0.177. The van der Waals surface area contributed by atoms with Gasteiger partial charge in [-0.3, -0.25) is 0 Å². The Hall–Kier alpha value is -1.62. The molecule has 176 valence electrons. The lowest BCUT2D eigenvalue weighted by atomic mass is 9.67. The van der Waals surface area contributed by atoms with E-state index in [9.17, 15) is 9.90 Å². The van der Waals surface area contributed by atoms with E-state index in [1.54, 1.807) is 0 Å². The van der Waals surface area contributed by atoms with Crippen LogP contribution in [0.3, 0.4) is 0 Å². The van der Waals surface area contributed by atoms with Crippen LogP contribution in [-0.2, 0) is 14.9 Å². The third-order valence-electron chi connectivity index (χ3n) is 7.90. The van der Waals surface area contributed by atoms with Crippen molar-refractivity contribution in [3.05, 3.63) is 33.9 Å². The van der Waals surface area contributed by atoms with Gasteiger partial charge in [-0.2, -0.15) is 0 Å². The molecule has 4 nitrogen and oxygen atoms in total. The van der Waals surface area contributed by atoms with E-state index in [2.05, 4.69) is 20.8 Å². The van der Waals surface area contributed by atoms with Gasteiger partial charge in [-0.15, -0.1) is 0 Å². The highest BCUT2D eigenvalue weighted by molar-refractivity contribution is 8.04. The molecule has 0 bridgehead atoms. The Morgan fingerprint density at radius 3 is 2.12 bits per heavy atom. The van der Waals surface area contributed by atoms with Crippen molar-refractivity contribution < 1.29 is 14.6 Å². The Morgan fingerprint density at radius 1 is 1.03 bits per heavy atom. The summed E-state index contributed by atoms with van der Waals surface area (Å²) in [5, 5.41) is 11.3. The molecule has 1 unspecified atom stereocenters. The van der Waals surface area contributed by atoms with Gasteiger partial charge >= 0.3 is 5.97 Å². The first-order chi connectivity index (χ1) is 15.1. The zero-order valence-electron chi connectivity index (χ0n) is 20.1. The van der Waals surface area contributed by atoms with Crippen molar-refractivity contribution >= 4 is 23.4 Å². The Morgan fingerprint density at radius 2 is 1.59 bits per heavy atom. The fraction of sp³-hybridized carbons (Fsp3) is 0.667. The Labute approximate surface area is 197 Å². The van der Waals surface area contributed by atoms with Crippen LogP contribution in [0.5, 0.6) is 0 Å². The van der Waals surface area contributed by atoms with E-state index in [0.29, 0.717) is 23.2 Å². The van der Waals surface area contributed by atoms with E-state index < -0.39 is 5.60 Å². The summed E-state index contributed by atoms with van der Waals surface area (Å²) in [5.74, 6) is 0.608. The number of hydrogen-bond donors (Lipinski definition) is 2. The summed E-state index contributed by atoms with van der Waals surface area (Å²) in [6.45, 7) is 8.40. The minimum atomic E-state index is -0.522. The standard InChI is InChI=1S/C27H39NO3S/c1-17-14-23(20(15-21(17)28)26(2,3)4)32-24-22(29)16-27(31-25(24)30,19-12-8-9-13-19)18-10-6-5-7-11-18/h14-15,18-19,29H,5-13,16,28H2,1-4H3. The molecule has 32 heavy (non-hydrogen) atoms. The van der Waals surface area contributed by atoms with Crippen LogP contribution in [0.2, 0.25) is 0 Å². The largest absolute Gasteiger partial charge is 0.511 e. The minimum absolute atomic E-state index is 0.130. The van der Waals surface area contributed by atoms with Gasteiger partial charge in [-0.05, 0) is 73.1 Å². The number of nitrogens with two attached hydrogens (primary N) is 1. The molecule has 3 N–H and O–H groups in total. The van der Waals surface area contributed by atoms with Crippen molar-refractivity contribution in [2.75, 3.05) is 5.73 Å². The summed E-state index contributed by atoms with van der Waals surface area (Å²) in [7, 11) is 0. The van der Waals surface area contributed by atoms with E-state index in [-0.39, 0.29) is 17.1 Å². The summed E-state index contributed by atoms with van der Waals surface area (Å²) in [6, 6.07) is 4.04. The van der Waals surface area contributed by atoms with Gasteiger partial charge in [0.05, 0.1) is 0 Å². The minimum Gasteiger partial charge on any atom is -0.511 e. The molecule has 1 aliphatic heterocycles. The Balaban J connectivity index is 1.69. The predicted molar refractivity (Wildman–Crippen MR) is 132 cm³/mol. The fourth-order valence-electron chi connectivity index (χ4n) is 6.09. The molecule has 0 spiro atoms. The van der Waals surface area contributed by atoms with Crippen LogP contribution in [0.25, 0.3) is 0 Å². The molecule has 1 aromatic carbocycles. The van der Waals surface area contributed by atoms with Gasteiger partial charge in [-0.1, -0.05) is 64.6 Å². The topological polar surface area (TPSA) is 72.5 Å². The monoisotopic (exact) mass is 457 g/mol. The molecule has 0 saturated heterocycles. The van der Waals surface area contributed by atoms with Gasteiger partial charge in [0.15, 0.2) is 0 Å². The maximum absolute atomic E-state index is 13.5. The second-order valence-electron chi connectivity index (χ2n) is 11.2. The van der Waals surface area contributed by atoms with Crippen molar-refractivity contribution in [1.82, 2.24) is 0 Å². The molecule has 0 amide bonds. The van der Waals surface area contributed by atoms with Crippen molar-refractivity contribution in [1.29, 1.82) is 0 Å². The van der Waals surface area contributed by atoms with Crippen LogP contribution >= 0.6 is 11.8 Å². The van der Waals surface area contributed by atoms with E-state index in [4.69, 9.17) is 10.5 Å². The van der Waals surface area contributed by atoms with E-state index >= 15 is 0 Å². The maximum Gasteiger partial charge on any atom is 0.349 e. The molecule has 0 aromatic heterocycles. The number of esters is 1. The van der Waals surface area contributed by atoms with Crippen molar-refractivity contribution in [3.63, 3.8) is 0 Å². The van der Waals surface area contributed by atoms with Crippen LogP contribution in [0.15, 0.2) is 27.7 Å². The highest BCUT2D eigenvalue weighted by Crippen LogP contribution is 2.53. The predicted octanol–water partition coefficient (Wildman–Crippen LogP) is 7.19. The molecule has 2 saturated carbocycles. The number of thioether (sulfide) groups is 1. The SMILES string of the molecule is Cc1cc(SC2=C(O)CC(C3CCCCC3)(C3CCCC3)OC2=O)c(C(C)(C)C)cc1N. The van der Waals surface area contributed by atoms with Crippen LogP contribution in [0.4, 0.5) is 5.69 Å². The second kappa shape index (κ2) is 8.96. The van der Waals surface area contributed by atoms with Crippen molar-refractivity contribution in [2.45, 2.75) is 108 Å². The maximum atomic E-state index is 13.5. The number of ether oxygens (including phenoxy) is 1. The lowest BCUT2D eigenvalue weighted by Gasteiger charge is -2.48. The smallest absolute Gasteiger partial charge is 0.349 e.